The molecule has 2 aromatic rings. The Labute approximate surface area is 165 Å². The molecule has 0 saturated heterocycles. The number of carbonyl (C=O) groups is 1. The minimum absolute atomic E-state index is 0.0982. The maximum Gasteiger partial charge on any atom is 0.240 e. The van der Waals surface area contributed by atoms with E-state index in [1.807, 2.05) is 24.3 Å². The molecule has 0 aliphatic rings. The van der Waals surface area contributed by atoms with Crippen LogP contribution in [0.1, 0.15) is 18.9 Å². The molecule has 1 N–H and O–H groups in total. The van der Waals surface area contributed by atoms with E-state index < -0.39 is 28.3 Å². The van der Waals surface area contributed by atoms with E-state index in [1.54, 1.807) is 0 Å². The highest BCUT2D eigenvalue weighted by Gasteiger charge is 2.21. The van der Waals surface area contributed by atoms with Gasteiger partial charge in [-0.3, -0.25) is 9.10 Å². The van der Waals surface area contributed by atoms with Gasteiger partial charge in [-0.05, 0) is 42.3 Å². The quantitative estimate of drug-likeness (QED) is 0.614. The second kappa shape index (κ2) is 10.1. The number of benzene rings is 2. The SMILES string of the molecule is CCCc1ccc(OCCNC(=O)CN(c2cccc(F)c2)S(C)(=O)=O)cc1. The molecule has 0 saturated carbocycles. The molecule has 0 radical (unpaired) electrons. The van der Waals surface area contributed by atoms with E-state index in [9.17, 15) is 17.6 Å². The maximum atomic E-state index is 13.4. The Balaban J connectivity index is 1.84. The Morgan fingerprint density at radius 1 is 1.18 bits per heavy atom. The summed E-state index contributed by atoms with van der Waals surface area (Å²) in [6.07, 6.45) is 3.06. The van der Waals surface area contributed by atoms with Crippen LogP contribution in [0.2, 0.25) is 0 Å². The van der Waals surface area contributed by atoms with Crippen molar-refractivity contribution < 1.29 is 22.3 Å². The number of halogens is 1. The summed E-state index contributed by atoms with van der Waals surface area (Å²) >= 11 is 0. The highest BCUT2D eigenvalue weighted by atomic mass is 32.2. The first-order valence-corrected chi connectivity index (χ1v) is 10.9. The molecule has 8 heteroatoms. The maximum absolute atomic E-state index is 13.4. The Kier molecular flexibility index (Phi) is 7.80. The predicted molar refractivity (Wildman–Crippen MR) is 108 cm³/mol. The van der Waals surface area contributed by atoms with Crippen molar-refractivity contribution >= 4 is 21.6 Å². The number of rotatable bonds is 10. The van der Waals surface area contributed by atoms with Crippen LogP contribution in [0.5, 0.6) is 5.75 Å². The number of nitrogens with zero attached hydrogens (tertiary/aromatic N) is 1. The number of sulfonamides is 1. The Hall–Kier alpha value is -2.61. The van der Waals surface area contributed by atoms with Crippen LogP contribution in [-0.4, -0.2) is 40.3 Å². The van der Waals surface area contributed by atoms with Crippen molar-refractivity contribution in [2.45, 2.75) is 19.8 Å². The van der Waals surface area contributed by atoms with Gasteiger partial charge in [-0.2, -0.15) is 0 Å². The fraction of sp³-hybridized carbons (Fsp3) is 0.350. The van der Waals surface area contributed by atoms with E-state index in [0.717, 1.165) is 29.5 Å². The van der Waals surface area contributed by atoms with Crippen molar-refractivity contribution in [2.24, 2.45) is 0 Å². The molecule has 2 aromatic carbocycles. The van der Waals surface area contributed by atoms with Gasteiger partial charge in [0.25, 0.3) is 0 Å². The third kappa shape index (κ3) is 6.84. The van der Waals surface area contributed by atoms with Gasteiger partial charge in [0.05, 0.1) is 18.5 Å². The van der Waals surface area contributed by atoms with Crippen LogP contribution in [0.25, 0.3) is 0 Å². The molecule has 1 amide bonds. The molecule has 28 heavy (non-hydrogen) atoms. The number of carbonyl (C=O) groups excluding carboxylic acids is 1. The van der Waals surface area contributed by atoms with E-state index in [1.165, 1.54) is 23.8 Å². The molecule has 152 valence electrons. The molecule has 0 aliphatic carbocycles. The number of nitrogens with one attached hydrogen (secondary N) is 1. The number of amides is 1. The fourth-order valence-electron chi connectivity index (χ4n) is 2.62. The van der Waals surface area contributed by atoms with Crippen LogP contribution < -0.4 is 14.4 Å². The van der Waals surface area contributed by atoms with Gasteiger partial charge in [0, 0.05) is 0 Å². The number of anilines is 1. The normalized spacial score (nSPS) is 11.1. The summed E-state index contributed by atoms with van der Waals surface area (Å²) in [4.78, 5) is 12.1. The predicted octanol–water partition coefficient (Wildman–Crippen LogP) is 2.74. The summed E-state index contributed by atoms with van der Waals surface area (Å²) in [6, 6.07) is 12.9. The summed E-state index contributed by atoms with van der Waals surface area (Å²) in [6.45, 7) is 2.15. The van der Waals surface area contributed by atoms with Crippen LogP contribution >= 0.6 is 0 Å². The molecule has 0 spiro atoms. The molecule has 0 atom stereocenters. The number of ether oxygens (including phenoxy) is 1. The average Bonchev–Trinajstić information content (AvgIpc) is 2.64. The lowest BCUT2D eigenvalue weighted by atomic mass is 10.1. The lowest BCUT2D eigenvalue weighted by molar-refractivity contribution is -0.119. The first kappa shape index (κ1) is 21.7. The van der Waals surface area contributed by atoms with Gasteiger partial charge in [0.1, 0.15) is 24.7 Å². The van der Waals surface area contributed by atoms with Gasteiger partial charge in [-0.15, -0.1) is 0 Å². The zero-order valence-electron chi connectivity index (χ0n) is 16.0. The van der Waals surface area contributed by atoms with Crippen molar-refractivity contribution in [3.05, 3.63) is 59.9 Å². The van der Waals surface area contributed by atoms with Crippen LogP contribution in [0.4, 0.5) is 10.1 Å². The van der Waals surface area contributed by atoms with Gasteiger partial charge >= 0.3 is 0 Å². The third-order valence-corrected chi connectivity index (χ3v) is 5.08. The summed E-state index contributed by atoms with van der Waals surface area (Å²) in [5.74, 6) is -0.381. The molecule has 0 unspecified atom stereocenters. The summed E-state index contributed by atoms with van der Waals surface area (Å²) < 4.78 is 43.8. The number of hydrogen-bond donors (Lipinski definition) is 1. The molecular formula is C20H25FN2O4S. The Bertz CT molecular complexity index is 885. The summed E-state index contributed by atoms with van der Waals surface area (Å²) in [5.41, 5.74) is 1.34. The highest BCUT2D eigenvalue weighted by molar-refractivity contribution is 7.92. The minimum atomic E-state index is -3.74. The number of aryl methyl sites for hydroxylation is 1. The molecule has 0 aliphatic heterocycles. The van der Waals surface area contributed by atoms with Gasteiger partial charge in [0.15, 0.2) is 0 Å². The first-order valence-electron chi connectivity index (χ1n) is 9.01. The van der Waals surface area contributed by atoms with Gasteiger partial charge in [-0.1, -0.05) is 31.5 Å². The molecule has 0 fully saturated rings. The lowest BCUT2D eigenvalue weighted by Gasteiger charge is -2.21. The van der Waals surface area contributed by atoms with Crippen molar-refractivity contribution in [3.8, 4) is 5.75 Å². The van der Waals surface area contributed by atoms with Gasteiger partial charge in [0.2, 0.25) is 15.9 Å². The van der Waals surface area contributed by atoms with Gasteiger partial charge in [-0.25, -0.2) is 12.8 Å². The van der Waals surface area contributed by atoms with Crippen molar-refractivity contribution in [1.29, 1.82) is 0 Å². The van der Waals surface area contributed by atoms with Crippen LogP contribution in [0.15, 0.2) is 48.5 Å². The third-order valence-electron chi connectivity index (χ3n) is 3.94. The second-order valence-electron chi connectivity index (χ2n) is 6.34. The molecular weight excluding hydrogens is 383 g/mol. The average molecular weight is 408 g/mol. The summed E-state index contributed by atoms with van der Waals surface area (Å²) in [5, 5.41) is 2.61. The monoisotopic (exact) mass is 408 g/mol. The van der Waals surface area contributed by atoms with E-state index >= 15 is 0 Å². The molecule has 0 aromatic heterocycles. The molecule has 0 heterocycles. The van der Waals surface area contributed by atoms with Crippen LogP contribution in [0.3, 0.4) is 0 Å². The minimum Gasteiger partial charge on any atom is -0.492 e. The zero-order valence-corrected chi connectivity index (χ0v) is 16.8. The Morgan fingerprint density at radius 2 is 1.89 bits per heavy atom. The summed E-state index contributed by atoms with van der Waals surface area (Å²) in [7, 11) is -3.74. The molecule has 2 rings (SSSR count). The highest BCUT2D eigenvalue weighted by Crippen LogP contribution is 2.18. The topological polar surface area (TPSA) is 75.7 Å². The number of hydrogen-bond acceptors (Lipinski definition) is 4. The Morgan fingerprint density at radius 3 is 2.50 bits per heavy atom. The van der Waals surface area contributed by atoms with Crippen molar-refractivity contribution in [1.82, 2.24) is 5.32 Å². The van der Waals surface area contributed by atoms with Crippen molar-refractivity contribution in [3.63, 3.8) is 0 Å². The standard InChI is InChI=1S/C20H25FN2O4S/c1-3-5-16-8-10-19(11-9-16)27-13-12-22-20(24)15-23(28(2,25)26)18-7-4-6-17(21)14-18/h4,6-11,14H,3,5,12-13,15H2,1-2H3,(H,22,24). The van der Waals surface area contributed by atoms with E-state index in [0.29, 0.717) is 5.75 Å². The molecule has 0 bridgehead atoms. The lowest BCUT2D eigenvalue weighted by Crippen LogP contribution is -2.41. The van der Waals surface area contributed by atoms with E-state index in [2.05, 4.69) is 12.2 Å². The van der Waals surface area contributed by atoms with Gasteiger partial charge < -0.3 is 10.1 Å². The van der Waals surface area contributed by atoms with Crippen LogP contribution in [-0.2, 0) is 21.2 Å². The first-order chi connectivity index (χ1) is 13.3. The second-order valence-corrected chi connectivity index (χ2v) is 8.25. The molecule has 6 nitrogen and oxygen atoms in total. The smallest absolute Gasteiger partial charge is 0.240 e. The van der Waals surface area contributed by atoms with E-state index in [-0.39, 0.29) is 18.8 Å². The van der Waals surface area contributed by atoms with Crippen LogP contribution in [0, 0.1) is 5.82 Å². The zero-order chi connectivity index (χ0) is 20.6. The largest absolute Gasteiger partial charge is 0.492 e. The van der Waals surface area contributed by atoms with E-state index in [4.69, 9.17) is 4.74 Å². The fourth-order valence-corrected chi connectivity index (χ4v) is 3.47. The van der Waals surface area contributed by atoms with Crippen molar-refractivity contribution in [2.75, 3.05) is 30.3 Å².